The number of carbonyl (C=O) groups is 2. The van der Waals surface area contributed by atoms with Crippen LogP contribution >= 0.6 is 31.9 Å². The van der Waals surface area contributed by atoms with E-state index in [-0.39, 0.29) is 17.9 Å². The summed E-state index contributed by atoms with van der Waals surface area (Å²) in [6, 6.07) is 5.37. The van der Waals surface area contributed by atoms with E-state index in [9.17, 15) is 9.59 Å². The highest BCUT2D eigenvalue weighted by Crippen LogP contribution is 2.26. The van der Waals surface area contributed by atoms with E-state index < -0.39 is 5.97 Å². The molecular weight excluding hydrogens is 390 g/mol. The van der Waals surface area contributed by atoms with Crippen molar-refractivity contribution in [3.05, 3.63) is 32.7 Å². The number of carboxylic acids is 1. The highest BCUT2D eigenvalue weighted by molar-refractivity contribution is 9.11. The molecule has 2 atom stereocenters. The van der Waals surface area contributed by atoms with Crippen LogP contribution in [0, 0.1) is 5.92 Å². The maximum Gasteiger partial charge on any atom is 0.306 e. The van der Waals surface area contributed by atoms with E-state index in [1.807, 2.05) is 13.0 Å². The van der Waals surface area contributed by atoms with Crippen LogP contribution in [-0.4, -0.2) is 34.5 Å². The van der Waals surface area contributed by atoms with Crippen LogP contribution in [0.3, 0.4) is 0 Å². The van der Waals surface area contributed by atoms with Gasteiger partial charge in [-0.1, -0.05) is 31.9 Å². The molecule has 6 heteroatoms. The summed E-state index contributed by atoms with van der Waals surface area (Å²) >= 11 is 6.74. The highest BCUT2D eigenvalue weighted by atomic mass is 79.9. The fraction of sp³-hybridized carbons (Fsp3) is 0.429. The van der Waals surface area contributed by atoms with Gasteiger partial charge in [0.2, 0.25) is 0 Å². The second-order valence-electron chi connectivity index (χ2n) is 5.07. The summed E-state index contributed by atoms with van der Waals surface area (Å²) in [5.41, 5.74) is 0.604. The van der Waals surface area contributed by atoms with Crippen molar-refractivity contribution in [2.75, 3.05) is 6.54 Å². The molecule has 2 rings (SSSR count). The molecule has 0 bridgehead atoms. The summed E-state index contributed by atoms with van der Waals surface area (Å²) in [5, 5.41) is 9.05. The molecule has 0 aliphatic carbocycles. The normalized spacial score (nSPS) is 22.6. The van der Waals surface area contributed by atoms with Crippen molar-refractivity contribution >= 4 is 43.7 Å². The van der Waals surface area contributed by atoms with Crippen molar-refractivity contribution in [1.82, 2.24) is 4.90 Å². The maximum atomic E-state index is 12.5. The standard InChI is InChI=1S/C14H15Br2NO3/c1-8-4-9(14(19)20)2-3-17(8)13(18)10-5-11(15)7-12(16)6-10/h5-9H,2-4H2,1H3,(H,19,20). The first-order chi connectivity index (χ1) is 9.38. The van der Waals surface area contributed by atoms with Gasteiger partial charge in [-0.05, 0) is 38.0 Å². The van der Waals surface area contributed by atoms with Crippen LogP contribution in [0.1, 0.15) is 30.1 Å². The molecule has 1 amide bonds. The quantitative estimate of drug-likeness (QED) is 0.820. The van der Waals surface area contributed by atoms with Crippen LogP contribution in [-0.2, 0) is 4.79 Å². The zero-order valence-corrected chi connectivity index (χ0v) is 14.1. The number of halogens is 2. The second kappa shape index (κ2) is 6.26. The van der Waals surface area contributed by atoms with Gasteiger partial charge in [-0.25, -0.2) is 0 Å². The van der Waals surface area contributed by atoms with Gasteiger partial charge in [-0.15, -0.1) is 0 Å². The van der Waals surface area contributed by atoms with Crippen molar-refractivity contribution in [1.29, 1.82) is 0 Å². The van der Waals surface area contributed by atoms with Crippen LogP contribution < -0.4 is 0 Å². The number of rotatable bonds is 2. The summed E-state index contributed by atoms with van der Waals surface area (Å²) in [5.74, 6) is -1.17. The molecule has 20 heavy (non-hydrogen) atoms. The molecule has 0 aromatic heterocycles. The number of likely N-dealkylation sites (tertiary alicyclic amines) is 1. The lowest BCUT2D eigenvalue weighted by Gasteiger charge is -2.36. The Kier molecular flexibility index (Phi) is 4.86. The van der Waals surface area contributed by atoms with Crippen LogP contribution in [0.15, 0.2) is 27.1 Å². The third-order valence-corrected chi connectivity index (χ3v) is 4.51. The van der Waals surface area contributed by atoms with Gasteiger partial charge >= 0.3 is 5.97 Å². The molecule has 1 heterocycles. The van der Waals surface area contributed by atoms with Gasteiger partial charge in [0, 0.05) is 27.1 Å². The first-order valence-electron chi connectivity index (χ1n) is 6.38. The Bertz CT molecular complexity index is 527. The predicted octanol–water partition coefficient (Wildman–Crippen LogP) is 3.54. The Balaban J connectivity index is 2.15. The van der Waals surface area contributed by atoms with E-state index in [0.717, 1.165) is 8.95 Å². The SMILES string of the molecule is CC1CC(C(=O)O)CCN1C(=O)c1cc(Br)cc(Br)c1. The summed E-state index contributed by atoms with van der Waals surface area (Å²) < 4.78 is 1.67. The number of nitrogens with zero attached hydrogens (tertiary/aromatic N) is 1. The summed E-state index contributed by atoms with van der Waals surface area (Å²) in [6.45, 7) is 2.39. The molecule has 1 aliphatic rings. The van der Waals surface area contributed by atoms with Gasteiger partial charge in [0.15, 0.2) is 0 Å². The van der Waals surface area contributed by atoms with Gasteiger partial charge in [0.25, 0.3) is 5.91 Å². The molecule has 1 fully saturated rings. The van der Waals surface area contributed by atoms with E-state index in [4.69, 9.17) is 5.11 Å². The molecule has 0 saturated carbocycles. The van der Waals surface area contributed by atoms with E-state index in [0.29, 0.717) is 24.9 Å². The fourth-order valence-corrected chi connectivity index (χ4v) is 3.83. The molecule has 2 unspecified atom stereocenters. The van der Waals surface area contributed by atoms with Crippen LogP contribution in [0.4, 0.5) is 0 Å². The molecule has 1 aromatic rings. The lowest BCUT2D eigenvalue weighted by molar-refractivity contribution is -0.143. The Morgan fingerprint density at radius 1 is 1.25 bits per heavy atom. The third-order valence-electron chi connectivity index (χ3n) is 3.60. The van der Waals surface area contributed by atoms with Crippen molar-refractivity contribution in [3.8, 4) is 0 Å². The molecule has 1 aromatic carbocycles. The Morgan fingerprint density at radius 2 is 1.85 bits per heavy atom. The monoisotopic (exact) mass is 403 g/mol. The minimum Gasteiger partial charge on any atom is -0.481 e. The van der Waals surface area contributed by atoms with E-state index in [2.05, 4.69) is 31.9 Å². The van der Waals surface area contributed by atoms with Crippen molar-refractivity contribution in [3.63, 3.8) is 0 Å². The molecule has 0 spiro atoms. The second-order valence-corrected chi connectivity index (χ2v) is 6.90. The van der Waals surface area contributed by atoms with Crippen LogP contribution in [0.5, 0.6) is 0 Å². The lowest BCUT2D eigenvalue weighted by Crippen LogP contribution is -2.46. The molecule has 108 valence electrons. The Labute approximate surface area is 134 Å². The minimum absolute atomic E-state index is 0.0525. The molecule has 0 radical (unpaired) electrons. The van der Waals surface area contributed by atoms with Gasteiger partial charge in [-0.2, -0.15) is 0 Å². The zero-order valence-electron chi connectivity index (χ0n) is 11.0. The molecule has 1 aliphatic heterocycles. The van der Waals surface area contributed by atoms with Gasteiger partial charge in [0.05, 0.1) is 5.92 Å². The van der Waals surface area contributed by atoms with Crippen LogP contribution in [0.2, 0.25) is 0 Å². The van der Waals surface area contributed by atoms with Crippen LogP contribution in [0.25, 0.3) is 0 Å². The Hall–Kier alpha value is -0.880. The average Bonchev–Trinajstić information content (AvgIpc) is 2.36. The lowest BCUT2D eigenvalue weighted by atomic mass is 9.91. The minimum atomic E-state index is -0.769. The third kappa shape index (κ3) is 3.41. The fourth-order valence-electron chi connectivity index (χ4n) is 2.54. The number of piperidine rings is 1. The van der Waals surface area contributed by atoms with Gasteiger partial charge in [-0.3, -0.25) is 9.59 Å². The number of carbonyl (C=O) groups excluding carboxylic acids is 1. The average molecular weight is 405 g/mol. The molecule has 1 N–H and O–H groups in total. The van der Waals surface area contributed by atoms with E-state index in [1.54, 1.807) is 17.0 Å². The largest absolute Gasteiger partial charge is 0.481 e. The molecule has 4 nitrogen and oxygen atoms in total. The van der Waals surface area contributed by atoms with Crippen molar-refractivity contribution in [2.45, 2.75) is 25.8 Å². The first-order valence-corrected chi connectivity index (χ1v) is 7.97. The number of benzene rings is 1. The summed E-state index contributed by atoms with van der Waals surface area (Å²) in [7, 11) is 0. The van der Waals surface area contributed by atoms with Crippen molar-refractivity contribution in [2.24, 2.45) is 5.92 Å². The summed E-state index contributed by atoms with van der Waals surface area (Å²) in [6.07, 6.45) is 1.02. The topological polar surface area (TPSA) is 57.6 Å². The number of hydrogen-bond donors (Lipinski definition) is 1. The predicted molar refractivity (Wildman–Crippen MR) is 82.7 cm³/mol. The number of amides is 1. The summed E-state index contributed by atoms with van der Waals surface area (Å²) in [4.78, 5) is 25.3. The number of carboxylic acid groups (broad SMARTS) is 1. The number of aliphatic carboxylic acids is 1. The first kappa shape index (κ1) is 15.5. The van der Waals surface area contributed by atoms with Crippen molar-refractivity contribution < 1.29 is 14.7 Å². The van der Waals surface area contributed by atoms with Gasteiger partial charge in [0.1, 0.15) is 0 Å². The smallest absolute Gasteiger partial charge is 0.306 e. The molecule has 1 saturated heterocycles. The Morgan fingerprint density at radius 3 is 2.35 bits per heavy atom. The van der Waals surface area contributed by atoms with E-state index >= 15 is 0 Å². The van der Waals surface area contributed by atoms with E-state index in [1.165, 1.54) is 0 Å². The maximum absolute atomic E-state index is 12.5. The number of hydrogen-bond acceptors (Lipinski definition) is 2. The zero-order chi connectivity index (χ0) is 14.9. The highest BCUT2D eigenvalue weighted by Gasteiger charge is 2.32. The van der Waals surface area contributed by atoms with Gasteiger partial charge < -0.3 is 10.0 Å². The molecular formula is C14H15Br2NO3.